The Bertz CT molecular complexity index is 479. The number of rotatable bonds is 4. The van der Waals surface area contributed by atoms with Crippen molar-refractivity contribution in [2.75, 3.05) is 0 Å². The minimum absolute atomic E-state index is 0. The van der Waals surface area contributed by atoms with E-state index in [0.717, 1.165) is 19.3 Å². The average Bonchev–Trinajstić information content (AvgIpc) is 2.36. The van der Waals surface area contributed by atoms with Crippen LogP contribution in [0.25, 0.3) is 0 Å². The molecule has 0 heterocycles. The lowest BCUT2D eigenvalue weighted by Gasteiger charge is -2.29. The molecule has 4 N–H and O–H groups in total. The molecule has 0 aliphatic heterocycles. The standard InChI is InChI=1S/C13H21N.ClH.H2O4S/c1-4-11-9-7-8-10-12(11)13(14,5-2)6-3;;1-5(2,3)4/h7-10H,4-6,14H2,1-3H3;1H;(H2,1,2,3,4). The molecule has 118 valence electrons. The van der Waals surface area contributed by atoms with E-state index in [1.807, 2.05) is 0 Å². The fourth-order valence-electron chi connectivity index (χ4n) is 1.95. The van der Waals surface area contributed by atoms with Crippen LogP contribution in [0, 0.1) is 0 Å². The van der Waals surface area contributed by atoms with Crippen molar-refractivity contribution in [3.05, 3.63) is 35.4 Å². The molecule has 0 aliphatic carbocycles. The van der Waals surface area contributed by atoms with E-state index >= 15 is 0 Å². The van der Waals surface area contributed by atoms with Crippen LogP contribution in [0.2, 0.25) is 0 Å². The number of hydrogen-bond donors (Lipinski definition) is 3. The third-order valence-corrected chi connectivity index (χ3v) is 3.20. The molecule has 1 aromatic rings. The van der Waals surface area contributed by atoms with Crippen molar-refractivity contribution in [2.45, 2.75) is 45.6 Å². The van der Waals surface area contributed by atoms with Gasteiger partial charge in [0, 0.05) is 5.54 Å². The van der Waals surface area contributed by atoms with Gasteiger partial charge in [-0.25, -0.2) is 0 Å². The summed E-state index contributed by atoms with van der Waals surface area (Å²) >= 11 is 0. The predicted octanol–water partition coefficient (Wildman–Crippen LogP) is 2.99. The van der Waals surface area contributed by atoms with Gasteiger partial charge in [0.2, 0.25) is 0 Å². The first-order valence-corrected chi connectivity index (χ1v) is 7.64. The largest absolute Gasteiger partial charge is 0.394 e. The molecule has 0 saturated carbocycles. The lowest BCUT2D eigenvalue weighted by molar-refractivity contribution is 0.381. The van der Waals surface area contributed by atoms with Gasteiger partial charge < -0.3 is 5.73 Å². The summed E-state index contributed by atoms with van der Waals surface area (Å²) in [4.78, 5) is 0. The monoisotopic (exact) mass is 325 g/mol. The van der Waals surface area contributed by atoms with Gasteiger partial charge in [-0.05, 0) is 30.4 Å². The molecule has 0 radical (unpaired) electrons. The topological polar surface area (TPSA) is 101 Å². The van der Waals surface area contributed by atoms with Gasteiger partial charge in [-0.2, -0.15) is 8.42 Å². The Morgan fingerprint density at radius 3 is 1.85 bits per heavy atom. The molecule has 1 rings (SSSR count). The van der Waals surface area contributed by atoms with E-state index in [0.29, 0.717) is 0 Å². The van der Waals surface area contributed by atoms with E-state index in [1.54, 1.807) is 0 Å². The van der Waals surface area contributed by atoms with Crippen LogP contribution < -0.4 is 5.73 Å². The quantitative estimate of drug-likeness (QED) is 0.739. The highest BCUT2D eigenvalue weighted by Crippen LogP contribution is 2.28. The van der Waals surface area contributed by atoms with Crippen LogP contribution in [0.4, 0.5) is 0 Å². The summed E-state index contributed by atoms with van der Waals surface area (Å²) in [7, 11) is -4.67. The molecule has 0 aliphatic rings. The van der Waals surface area contributed by atoms with Gasteiger partial charge in [0.1, 0.15) is 0 Å². The van der Waals surface area contributed by atoms with E-state index in [9.17, 15) is 0 Å². The van der Waals surface area contributed by atoms with E-state index in [2.05, 4.69) is 45.0 Å². The molecule has 5 nitrogen and oxygen atoms in total. The molecule has 0 unspecified atom stereocenters. The molecule has 0 bridgehead atoms. The maximum atomic E-state index is 8.74. The van der Waals surface area contributed by atoms with Gasteiger partial charge in [-0.1, -0.05) is 45.0 Å². The zero-order valence-electron chi connectivity index (χ0n) is 12.0. The summed E-state index contributed by atoms with van der Waals surface area (Å²) in [6.45, 7) is 6.51. The summed E-state index contributed by atoms with van der Waals surface area (Å²) in [5.41, 5.74) is 8.98. The Labute approximate surface area is 127 Å². The molecular formula is C13H24ClNO4S. The highest BCUT2D eigenvalue weighted by molar-refractivity contribution is 7.79. The maximum Gasteiger partial charge on any atom is 0.394 e. The Balaban J connectivity index is 0. The smallest absolute Gasteiger partial charge is 0.321 e. The fraction of sp³-hybridized carbons (Fsp3) is 0.538. The second-order valence-corrected chi connectivity index (χ2v) is 5.22. The first-order valence-electron chi connectivity index (χ1n) is 6.25. The molecule has 7 heteroatoms. The second-order valence-electron chi connectivity index (χ2n) is 4.32. The van der Waals surface area contributed by atoms with Crippen molar-refractivity contribution in [1.29, 1.82) is 0 Å². The lowest BCUT2D eigenvalue weighted by Crippen LogP contribution is -2.36. The Morgan fingerprint density at radius 2 is 1.50 bits per heavy atom. The summed E-state index contributed by atoms with van der Waals surface area (Å²) in [5.74, 6) is 0. The van der Waals surface area contributed by atoms with Gasteiger partial charge in [-0.3, -0.25) is 9.11 Å². The van der Waals surface area contributed by atoms with Crippen LogP contribution in [-0.4, -0.2) is 17.5 Å². The minimum Gasteiger partial charge on any atom is -0.321 e. The number of benzene rings is 1. The molecule has 0 fully saturated rings. The van der Waals surface area contributed by atoms with Gasteiger partial charge in [0.25, 0.3) is 0 Å². The van der Waals surface area contributed by atoms with Crippen LogP contribution in [0.5, 0.6) is 0 Å². The molecule has 0 spiro atoms. The normalized spacial score (nSPS) is 11.1. The molecule has 0 aromatic heterocycles. The highest BCUT2D eigenvalue weighted by Gasteiger charge is 2.24. The summed E-state index contributed by atoms with van der Waals surface area (Å²) < 4.78 is 31.6. The SMILES string of the molecule is CCc1ccccc1C(N)(CC)CC.Cl.O=S(=O)(O)O. The van der Waals surface area contributed by atoms with Crippen LogP contribution in [0.3, 0.4) is 0 Å². The number of nitrogens with two attached hydrogens (primary N) is 1. The average molecular weight is 326 g/mol. The molecular weight excluding hydrogens is 302 g/mol. The van der Waals surface area contributed by atoms with Crippen molar-refractivity contribution < 1.29 is 17.5 Å². The van der Waals surface area contributed by atoms with E-state index in [-0.39, 0.29) is 17.9 Å². The van der Waals surface area contributed by atoms with E-state index in [4.69, 9.17) is 23.3 Å². The first kappa shape index (κ1) is 21.6. The highest BCUT2D eigenvalue weighted by atomic mass is 35.5. The zero-order valence-corrected chi connectivity index (χ0v) is 13.7. The van der Waals surface area contributed by atoms with Crippen molar-refractivity contribution in [3.63, 3.8) is 0 Å². The molecule has 0 saturated heterocycles. The zero-order chi connectivity index (χ0) is 15.1. The minimum atomic E-state index is -4.67. The number of hydrogen-bond acceptors (Lipinski definition) is 3. The predicted molar refractivity (Wildman–Crippen MR) is 83.7 cm³/mol. The molecule has 0 amide bonds. The van der Waals surface area contributed by atoms with Gasteiger partial charge in [0.15, 0.2) is 0 Å². The van der Waals surface area contributed by atoms with Gasteiger partial charge in [-0.15, -0.1) is 12.4 Å². The van der Waals surface area contributed by atoms with Crippen LogP contribution in [0.15, 0.2) is 24.3 Å². The Hall–Kier alpha value is -0.660. The Kier molecular flexibility index (Phi) is 10.1. The van der Waals surface area contributed by atoms with Crippen molar-refractivity contribution in [3.8, 4) is 0 Å². The van der Waals surface area contributed by atoms with Crippen LogP contribution in [0.1, 0.15) is 44.7 Å². The third kappa shape index (κ3) is 7.81. The van der Waals surface area contributed by atoms with Gasteiger partial charge >= 0.3 is 10.4 Å². The van der Waals surface area contributed by atoms with Crippen molar-refractivity contribution in [1.82, 2.24) is 0 Å². The van der Waals surface area contributed by atoms with Crippen molar-refractivity contribution in [2.24, 2.45) is 5.73 Å². The lowest BCUT2D eigenvalue weighted by atomic mass is 9.82. The number of halogens is 1. The first-order chi connectivity index (χ1) is 8.68. The third-order valence-electron chi connectivity index (χ3n) is 3.20. The Morgan fingerprint density at radius 1 is 1.10 bits per heavy atom. The maximum absolute atomic E-state index is 8.74. The van der Waals surface area contributed by atoms with E-state index in [1.165, 1.54) is 11.1 Å². The van der Waals surface area contributed by atoms with Crippen LogP contribution in [-0.2, 0) is 22.4 Å². The summed E-state index contributed by atoms with van der Waals surface area (Å²) in [6, 6.07) is 8.53. The van der Waals surface area contributed by atoms with Gasteiger partial charge in [0.05, 0.1) is 0 Å². The fourth-order valence-corrected chi connectivity index (χ4v) is 1.95. The summed E-state index contributed by atoms with van der Waals surface area (Å²) in [6.07, 6.45) is 3.07. The second kappa shape index (κ2) is 9.31. The molecule has 1 aromatic carbocycles. The molecule has 0 atom stereocenters. The van der Waals surface area contributed by atoms with E-state index < -0.39 is 10.4 Å². The summed E-state index contributed by atoms with van der Waals surface area (Å²) in [5, 5.41) is 0. The van der Waals surface area contributed by atoms with Crippen molar-refractivity contribution >= 4 is 22.8 Å². The van der Waals surface area contributed by atoms with Crippen LogP contribution >= 0.6 is 12.4 Å². The number of aryl methyl sites for hydroxylation is 1. The molecule has 20 heavy (non-hydrogen) atoms.